The summed E-state index contributed by atoms with van der Waals surface area (Å²) in [5, 5.41) is 1.45. The van der Waals surface area contributed by atoms with E-state index in [1.165, 1.54) is 12.8 Å². The maximum atomic E-state index is 6.18. The molecular formula is C13H16Cl3N. The Morgan fingerprint density at radius 2 is 2.12 bits per heavy atom. The van der Waals surface area contributed by atoms with E-state index in [0.29, 0.717) is 10.9 Å². The molecule has 0 bridgehead atoms. The molecule has 1 aliphatic heterocycles. The lowest BCUT2D eigenvalue weighted by Crippen LogP contribution is -2.35. The van der Waals surface area contributed by atoms with Gasteiger partial charge in [-0.15, -0.1) is 11.6 Å². The van der Waals surface area contributed by atoms with Crippen LogP contribution in [0.25, 0.3) is 0 Å². The highest BCUT2D eigenvalue weighted by atomic mass is 35.5. The summed E-state index contributed by atoms with van der Waals surface area (Å²) in [6.45, 7) is 3.10. The second-order valence-corrected chi connectivity index (χ2v) is 5.79. The van der Waals surface area contributed by atoms with Crippen molar-refractivity contribution >= 4 is 34.8 Å². The van der Waals surface area contributed by atoms with E-state index in [9.17, 15) is 0 Å². The number of hydrogen-bond acceptors (Lipinski definition) is 1. The molecule has 4 heteroatoms. The van der Waals surface area contributed by atoms with Gasteiger partial charge in [-0.2, -0.15) is 0 Å². The van der Waals surface area contributed by atoms with Crippen LogP contribution in [0.1, 0.15) is 18.4 Å². The molecule has 1 atom stereocenters. The van der Waals surface area contributed by atoms with Crippen LogP contribution in [0, 0.1) is 5.92 Å². The average molecular weight is 293 g/mol. The van der Waals surface area contributed by atoms with Crippen LogP contribution >= 0.6 is 34.8 Å². The van der Waals surface area contributed by atoms with Crippen molar-refractivity contribution in [3.63, 3.8) is 0 Å². The van der Waals surface area contributed by atoms with Crippen molar-refractivity contribution in [3.8, 4) is 0 Å². The van der Waals surface area contributed by atoms with Crippen molar-refractivity contribution < 1.29 is 0 Å². The zero-order valence-electron chi connectivity index (χ0n) is 9.63. The number of likely N-dealkylation sites (tertiary alicyclic amines) is 1. The number of alkyl halides is 1. The van der Waals surface area contributed by atoms with E-state index in [1.54, 1.807) is 6.07 Å². The van der Waals surface area contributed by atoms with E-state index in [4.69, 9.17) is 34.8 Å². The minimum atomic E-state index is 0.622. The number of benzene rings is 1. The van der Waals surface area contributed by atoms with Crippen molar-refractivity contribution in [1.82, 2.24) is 4.90 Å². The monoisotopic (exact) mass is 291 g/mol. The number of hydrogen-bond donors (Lipinski definition) is 0. The van der Waals surface area contributed by atoms with Crippen LogP contribution in [0.3, 0.4) is 0 Å². The molecule has 1 nitrogen and oxygen atoms in total. The molecule has 0 spiro atoms. The van der Waals surface area contributed by atoms with Crippen LogP contribution < -0.4 is 0 Å². The van der Waals surface area contributed by atoms with Gasteiger partial charge in [0.2, 0.25) is 0 Å². The smallest absolute Gasteiger partial charge is 0.0465 e. The van der Waals surface area contributed by atoms with Gasteiger partial charge in [0.15, 0.2) is 0 Å². The summed E-state index contributed by atoms with van der Waals surface area (Å²) >= 11 is 18.0. The quantitative estimate of drug-likeness (QED) is 0.744. The van der Waals surface area contributed by atoms with E-state index in [1.807, 2.05) is 12.1 Å². The van der Waals surface area contributed by atoms with Gasteiger partial charge >= 0.3 is 0 Å². The minimum absolute atomic E-state index is 0.622. The Kier molecular flexibility index (Phi) is 4.98. The molecule has 1 saturated heterocycles. The largest absolute Gasteiger partial charge is 0.299 e. The minimum Gasteiger partial charge on any atom is -0.299 e. The molecule has 0 radical (unpaired) electrons. The molecule has 0 amide bonds. The van der Waals surface area contributed by atoms with E-state index in [0.717, 1.165) is 36.1 Å². The zero-order chi connectivity index (χ0) is 12.3. The maximum absolute atomic E-state index is 6.18. The first kappa shape index (κ1) is 13.5. The Bertz CT molecular complexity index is 381. The lowest BCUT2D eigenvalue weighted by Gasteiger charge is -2.31. The summed E-state index contributed by atoms with van der Waals surface area (Å²) in [7, 11) is 0. The summed E-state index contributed by atoms with van der Waals surface area (Å²) in [5.74, 6) is 1.38. The van der Waals surface area contributed by atoms with Gasteiger partial charge in [-0.25, -0.2) is 0 Å². The fourth-order valence-corrected chi connectivity index (χ4v) is 3.03. The Labute approximate surface area is 118 Å². The normalized spacial score (nSPS) is 21.7. The van der Waals surface area contributed by atoms with Crippen LogP contribution in [-0.2, 0) is 6.54 Å². The van der Waals surface area contributed by atoms with Crippen LogP contribution in [0.4, 0.5) is 0 Å². The third kappa shape index (κ3) is 3.75. The van der Waals surface area contributed by atoms with Crippen molar-refractivity contribution in [1.29, 1.82) is 0 Å². The molecule has 0 N–H and O–H groups in total. The highest BCUT2D eigenvalue weighted by molar-refractivity contribution is 6.35. The van der Waals surface area contributed by atoms with Gasteiger partial charge in [0.1, 0.15) is 0 Å². The van der Waals surface area contributed by atoms with Gasteiger partial charge in [-0.3, -0.25) is 4.90 Å². The number of rotatable bonds is 3. The molecule has 0 aromatic heterocycles. The van der Waals surface area contributed by atoms with Gasteiger partial charge in [-0.1, -0.05) is 29.3 Å². The molecule has 17 heavy (non-hydrogen) atoms. The van der Waals surface area contributed by atoms with Gasteiger partial charge in [0.05, 0.1) is 0 Å². The maximum Gasteiger partial charge on any atom is 0.0465 e. The summed E-state index contributed by atoms with van der Waals surface area (Å²) in [6, 6.07) is 5.71. The van der Waals surface area contributed by atoms with E-state index in [2.05, 4.69) is 4.90 Å². The van der Waals surface area contributed by atoms with Crippen molar-refractivity contribution in [2.45, 2.75) is 19.4 Å². The predicted molar refractivity (Wildman–Crippen MR) is 75.2 cm³/mol. The van der Waals surface area contributed by atoms with Crippen molar-refractivity contribution in [2.24, 2.45) is 5.92 Å². The highest BCUT2D eigenvalue weighted by Crippen LogP contribution is 2.25. The third-order valence-electron chi connectivity index (χ3n) is 3.23. The second kappa shape index (κ2) is 6.29. The first-order valence-corrected chi connectivity index (χ1v) is 7.20. The standard InChI is InChI=1S/C13H16Cl3N/c14-7-10-2-1-5-17(8-10)9-11-3-4-12(15)6-13(11)16/h3-4,6,10H,1-2,5,7-9H2. The van der Waals surface area contributed by atoms with Gasteiger partial charge in [0, 0.05) is 29.0 Å². The van der Waals surface area contributed by atoms with Gasteiger partial charge < -0.3 is 0 Å². The lowest BCUT2D eigenvalue weighted by atomic mass is 9.99. The summed E-state index contributed by atoms with van der Waals surface area (Å²) in [4.78, 5) is 2.42. The molecule has 94 valence electrons. The Balaban J connectivity index is 2.00. The van der Waals surface area contributed by atoms with Crippen LogP contribution in [0.5, 0.6) is 0 Å². The van der Waals surface area contributed by atoms with Gasteiger partial charge in [-0.05, 0) is 43.0 Å². The molecule has 1 unspecified atom stereocenters. The molecule has 1 fully saturated rings. The fraction of sp³-hybridized carbons (Fsp3) is 0.538. The zero-order valence-corrected chi connectivity index (χ0v) is 11.9. The average Bonchev–Trinajstić information content (AvgIpc) is 2.33. The molecule has 1 aromatic carbocycles. The summed E-state index contributed by atoms with van der Waals surface area (Å²) < 4.78 is 0. The fourth-order valence-electron chi connectivity index (χ4n) is 2.31. The molecule has 1 aliphatic rings. The number of piperidine rings is 1. The first-order chi connectivity index (χ1) is 8.19. The summed E-state index contributed by atoms with van der Waals surface area (Å²) in [6.07, 6.45) is 2.47. The molecule has 1 aromatic rings. The molecule has 0 aliphatic carbocycles. The second-order valence-electron chi connectivity index (χ2n) is 4.63. The Hall–Kier alpha value is 0.0500. The number of nitrogens with zero attached hydrogens (tertiary/aromatic N) is 1. The lowest BCUT2D eigenvalue weighted by molar-refractivity contribution is 0.178. The van der Waals surface area contributed by atoms with E-state index >= 15 is 0 Å². The molecular weight excluding hydrogens is 277 g/mol. The van der Waals surface area contributed by atoms with E-state index in [-0.39, 0.29) is 0 Å². The van der Waals surface area contributed by atoms with Crippen LogP contribution in [-0.4, -0.2) is 23.9 Å². The third-order valence-corrected chi connectivity index (χ3v) is 4.25. The Morgan fingerprint density at radius 1 is 1.29 bits per heavy atom. The Morgan fingerprint density at radius 3 is 2.82 bits per heavy atom. The van der Waals surface area contributed by atoms with Crippen LogP contribution in [0.2, 0.25) is 10.0 Å². The topological polar surface area (TPSA) is 3.24 Å². The SMILES string of the molecule is ClCC1CCCN(Cc2ccc(Cl)cc2Cl)C1. The summed E-state index contributed by atoms with van der Waals surface area (Å²) in [5.41, 5.74) is 1.14. The highest BCUT2D eigenvalue weighted by Gasteiger charge is 2.19. The molecule has 0 saturated carbocycles. The van der Waals surface area contributed by atoms with Crippen molar-refractivity contribution in [3.05, 3.63) is 33.8 Å². The number of halogens is 3. The molecule has 2 rings (SSSR count). The van der Waals surface area contributed by atoms with E-state index < -0.39 is 0 Å². The van der Waals surface area contributed by atoms with Crippen LogP contribution in [0.15, 0.2) is 18.2 Å². The van der Waals surface area contributed by atoms with Gasteiger partial charge in [0.25, 0.3) is 0 Å². The predicted octanol–water partition coefficient (Wildman–Crippen LogP) is 4.44. The first-order valence-electron chi connectivity index (χ1n) is 5.91. The molecule has 1 heterocycles. The van der Waals surface area contributed by atoms with Crippen molar-refractivity contribution in [2.75, 3.05) is 19.0 Å².